The highest BCUT2D eigenvalue weighted by molar-refractivity contribution is 5.95. The summed E-state index contributed by atoms with van der Waals surface area (Å²) in [4.78, 5) is 35.3. The summed E-state index contributed by atoms with van der Waals surface area (Å²) in [6.45, 7) is 3.05. The van der Waals surface area contributed by atoms with Gasteiger partial charge < -0.3 is 20.2 Å². The standard InChI is InChI=1S/C28H34FN5O3/c29-23-15-30-26(31-20-8-12-34-21(13-20)5-6-27(34)36)14-22(23)28(37)33-11-9-24(25(35)17-33)32-10-7-18-3-1-2-4-19(18)16-32/h1-4,14-15,20-21,24-25,35H,5-13,16-17H2,(H,30,31)/t20?,21?,24-,25-/m0/s1. The summed E-state index contributed by atoms with van der Waals surface area (Å²) >= 11 is 0. The Balaban J connectivity index is 1.09. The number of carbonyl (C=O) groups is 2. The zero-order valence-corrected chi connectivity index (χ0v) is 21.0. The minimum atomic E-state index is -0.690. The fourth-order valence-corrected chi connectivity index (χ4v) is 6.61. The van der Waals surface area contributed by atoms with Crippen molar-refractivity contribution in [2.75, 3.05) is 31.5 Å². The summed E-state index contributed by atoms with van der Waals surface area (Å²) in [5.41, 5.74) is 2.63. The first-order valence-corrected chi connectivity index (χ1v) is 13.5. The Morgan fingerprint density at radius 3 is 2.76 bits per heavy atom. The van der Waals surface area contributed by atoms with E-state index in [1.165, 1.54) is 17.2 Å². The monoisotopic (exact) mass is 507 g/mol. The van der Waals surface area contributed by atoms with E-state index in [2.05, 4.69) is 33.4 Å². The molecule has 2 aromatic rings. The summed E-state index contributed by atoms with van der Waals surface area (Å²) < 4.78 is 14.7. The van der Waals surface area contributed by atoms with Crippen molar-refractivity contribution in [3.05, 3.63) is 59.0 Å². The summed E-state index contributed by atoms with van der Waals surface area (Å²) in [5.74, 6) is -0.376. The molecule has 0 radical (unpaired) electrons. The molecule has 4 atom stereocenters. The molecule has 2 amide bonds. The molecule has 1 aromatic heterocycles. The third-order valence-electron chi connectivity index (χ3n) is 8.63. The Kier molecular flexibility index (Phi) is 6.58. The third kappa shape index (κ3) is 4.82. The molecule has 4 aliphatic rings. The first-order chi connectivity index (χ1) is 18.0. The largest absolute Gasteiger partial charge is 0.390 e. The van der Waals surface area contributed by atoms with Gasteiger partial charge in [-0.25, -0.2) is 9.37 Å². The average Bonchev–Trinajstić information content (AvgIpc) is 3.28. The van der Waals surface area contributed by atoms with Crippen LogP contribution in [0, 0.1) is 5.82 Å². The van der Waals surface area contributed by atoms with Gasteiger partial charge in [-0.2, -0.15) is 0 Å². The maximum absolute atomic E-state index is 14.7. The fraction of sp³-hybridized carbons (Fsp3) is 0.536. The molecule has 5 heterocycles. The minimum absolute atomic E-state index is 0.0229. The van der Waals surface area contributed by atoms with Crippen LogP contribution in [-0.2, 0) is 17.8 Å². The lowest BCUT2D eigenvalue weighted by molar-refractivity contribution is -0.129. The highest BCUT2D eigenvalue weighted by atomic mass is 19.1. The Bertz CT molecular complexity index is 1190. The molecule has 3 saturated heterocycles. The van der Waals surface area contributed by atoms with E-state index in [1.54, 1.807) is 4.90 Å². The van der Waals surface area contributed by atoms with Gasteiger partial charge in [-0.15, -0.1) is 0 Å². The third-order valence-corrected chi connectivity index (χ3v) is 8.63. The van der Waals surface area contributed by atoms with Crippen LogP contribution in [0.15, 0.2) is 36.5 Å². The lowest BCUT2D eigenvalue weighted by Crippen LogP contribution is -2.56. The van der Waals surface area contributed by atoms with Crippen LogP contribution in [0.3, 0.4) is 0 Å². The van der Waals surface area contributed by atoms with E-state index in [0.29, 0.717) is 31.7 Å². The normalized spacial score (nSPS) is 28.1. The zero-order chi connectivity index (χ0) is 25.5. The second-order valence-electron chi connectivity index (χ2n) is 10.9. The number of nitrogens with zero attached hydrogens (tertiary/aromatic N) is 4. The van der Waals surface area contributed by atoms with E-state index in [1.807, 2.05) is 11.0 Å². The van der Waals surface area contributed by atoms with Crippen LogP contribution < -0.4 is 5.32 Å². The molecule has 0 aliphatic carbocycles. The number of halogens is 1. The number of amides is 2. The summed E-state index contributed by atoms with van der Waals surface area (Å²) in [7, 11) is 0. The lowest BCUT2D eigenvalue weighted by Gasteiger charge is -2.43. The fourth-order valence-electron chi connectivity index (χ4n) is 6.61. The maximum Gasteiger partial charge on any atom is 0.257 e. The quantitative estimate of drug-likeness (QED) is 0.661. The molecule has 3 fully saturated rings. The minimum Gasteiger partial charge on any atom is -0.390 e. The number of pyridine rings is 1. The molecular formula is C28H34FN5O3. The van der Waals surface area contributed by atoms with Crippen LogP contribution in [0.5, 0.6) is 0 Å². The second kappa shape index (κ2) is 10.0. The molecule has 2 N–H and O–H groups in total. The van der Waals surface area contributed by atoms with Crippen LogP contribution in [0.4, 0.5) is 10.2 Å². The number of fused-ring (bicyclic) bond motifs is 2. The van der Waals surface area contributed by atoms with Crippen molar-refractivity contribution in [1.82, 2.24) is 19.7 Å². The van der Waals surface area contributed by atoms with Crippen LogP contribution in [-0.4, -0.2) is 87.0 Å². The lowest BCUT2D eigenvalue weighted by atomic mass is 9.94. The highest BCUT2D eigenvalue weighted by Gasteiger charge is 2.37. The van der Waals surface area contributed by atoms with Gasteiger partial charge in [-0.3, -0.25) is 14.5 Å². The smallest absolute Gasteiger partial charge is 0.257 e. The molecule has 0 spiro atoms. The number of aliphatic hydroxyl groups is 1. The van der Waals surface area contributed by atoms with Crippen LogP contribution in [0.1, 0.15) is 53.6 Å². The van der Waals surface area contributed by atoms with Crippen LogP contribution in [0.25, 0.3) is 0 Å². The van der Waals surface area contributed by atoms with E-state index in [9.17, 15) is 19.1 Å². The van der Waals surface area contributed by atoms with Crippen molar-refractivity contribution in [3.8, 4) is 0 Å². The Hall–Kier alpha value is -3.04. The van der Waals surface area contributed by atoms with Crippen LogP contribution in [0.2, 0.25) is 0 Å². The number of hydrogen-bond acceptors (Lipinski definition) is 6. The molecule has 196 valence electrons. The molecular weight excluding hydrogens is 473 g/mol. The van der Waals surface area contributed by atoms with Crippen molar-refractivity contribution < 1.29 is 19.1 Å². The summed E-state index contributed by atoms with van der Waals surface area (Å²) in [6, 6.07) is 10.3. The molecule has 6 rings (SSSR count). The number of anilines is 1. The first-order valence-electron chi connectivity index (χ1n) is 13.5. The molecule has 2 unspecified atom stereocenters. The van der Waals surface area contributed by atoms with Gasteiger partial charge in [-0.05, 0) is 49.3 Å². The van der Waals surface area contributed by atoms with Gasteiger partial charge in [0.15, 0.2) is 5.82 Å². The van der Waals surface area contributed by atoms with Gasteiger partial charge in [0.25, 0.3) is 5.91 Å². The molecule has 4 aliphatic heterocycles. The highest BCUT2D eigenvalue weighted by Crippen LogP contribution is 2.30. The average molecular weight is 508 g/mol. The topological polar surface area (TPSA) is 89.0 Å². The number of carbonyl (C=O) groups excluding carboxylic acids is 2. The molecule has 8 nitrogen and oxygen atoms in total. The Labute approximate surface area is 216 Å². The van der Waals surface area contributed by atoms with E-state index in [0.717, 1.165) is 45.0 Å². The van der Waals surface area contributed by atoms with Gasteiger partial charge >= 0.3 is 0 Å². The zero-order valence-electron chi connectivity index (χ0n) is 21.0. The van der Waals surface area contributed by atoms with Crippen LogP contribution >= 0.6 is 0 Å². The molecule has 0 saturated carbocycles. The number of piperidine rings is 2. The summed E-state index contributed by atoms with van der Waals surface area (Å²) in [6.07, 6.45) is 5.11. The van der Waals surface area contributed by atoms with Gasteiger partial charge in [0.05, 0.1) is 17.9 Å². The number of β-amino-alcohol motifs (C(OH)–C–C–N with tert-alkyl or cyclic N) is 1. The Morgan fingerprint density at radius 2 is 1.92 bits per heavy atom. The number of likely N-dealkylation sites (tertiary alicyclic amines) is 1. The van der Waals surface area contributed by atoms with E-state index < -0.39 is 17.8 Å². The number of aromatic nitrogens is 1. The van der Waals surface area contributed by atoms with Gasteiger partial charge in [0.2, 0.25) is 5.91 Å². The summed E-state index contributed by atoms with van der Waals surface area (Å²) in [5, 5.41) is 14.3. The molecule has 1 aromatic carbocycles. The van der Waals surface area contributed by atoms with E-state index in [-0.39, 0.29) is 36.1 Å². The molecule has 37 heavy (non-hydrogen) atoms. The first kappa shape index (κ1) is 24.3. The number of aliphatic hydroxyl groups excluding tert-OH is 1. The van der Waals surface area contributed by atoms with Crippen molar-refractivity contribution in [1.29, 1.82) is 0 Å². The number of nitrogens with one attached hydrogen (secondary N) is 1. The Morgan fingerprint density at radius 1 is 1.08 bits per heavy atom. The predicted molar refractivity (Wildman–Crippen MR) is 136 cm³/mol. The SMILES string of the molecule is O=C(c1cc(NC2CCN3C(=O)CCC3C2)ncc1F)N1CC[C@H](N2CCc3ccccc3C2)[C@@H](O)C1. The number of rotatable bonds is 4. The van der Waals surface area contributed by atoms with Crippen molar-refractivity contribution >= 4 is 17.6 Å². The molecule has 0 bridgehead atoms. The van der Waals surface area contributed by atoms with Crippen molar-refractivity contribution in [2.45, 2.75) is 69.3 Å². The van der Waals surface area contributed by atoms with Crippen molar-refractivity contribution in [2.24, 2.45) is 0 Å². The van der Waals surface area contributed by atoms with E-state index in [4.69, 9.17) is 0 Å². The van der Waals surface area contributed by atoms with Gasteiger partial charge in [-0.1, -0.05) is 24.3 Å². The van der Waals surface area contributed by atoms with Gasteiger partial charge in [0, 0.05) is 57.3 Å². The van der Waals surface area contributed by atoms with E-state index >= 15 is 0 Å². The maximum atomic E-state index is 14.7. The van der Waals surface area contributed by atoms with Gasteiger partial charge in [0.1, 0.15) is 5.82 Å². The number of benzene rings is 1. The molecule has 9 heteroatoms. The number of hydrogen-bond donors (Lipinski definition) is 2. The van der Waals surface area contributed by atoms with Crippen molar-refractivity contribution in [3.63, 3.8) is 0 Å². The predicted octanol–water partition coefficient (Wildman–Crippen LogP) is 2.42. The second-order valence-corrected chi connectivity index (χ2v) is 10.9.